The minimum atomic E-state index is -0.987. The Morgan fingerprint density at radius 3 is 2.95 bits per heavy atom. The molecule has 100 valence electrons. The first kappa shape index (κ1) is 12.5. The van der Waals surface area contributed by atoms with Gasteiger partial charge in [-0.25, -0.2) is 14.8 Å². The van der Waals surface area contributed by atoms with Gasteiger partial charge in [0, 0.05) is 18.6 Å². The van der Waals surface area contributed by atoms with Gasteiger partial charge in [0.1, 0.15) is 15.9 Å². The molecule has 0 fully saturated rings. The van der Waals surface area contributed by atoms with Gasteiger partial charge < -0.3 is 5.11 Å². The average molecular weight is 287 g/mol. The van der Waals surface area contributed by atoms with Gasteiger partial charge in [-0.05, 0) is 30.8 Å². The van der Waals surface area contributed by atoms with Gasteiger partial charge in [0.2, 0.25) is 0 Å². The molecule has 8 heteroatoms. The molecular formula is C12H9N5O2S. The van der Waals surface area contributed by atoms with Gasteiger partial charge in [0.15, 0.2) is 5.65 Å². The summed E-state index contributed by atoms with van der Waals surface area (Å²) in [6.07, 6.45) is 4.88. The van der Waals surface area contributed by atoms with E-state index in [1.165, 1.54) is 30.1 Å². The Balaban J connectivity index is 2.01. The second-order valence-corrected chi connectivity index (χ2v) is 4.97. The fraction of sp³-hybridized carbons (Fsp3) is 0.0833. The maximum atomic E-state index is 10.9. The van der Waals surface area contributed by atoms with E-state index in [1.807, 2.05) is 11.3 Å². The topological polar surface area (TPSA) is 93.3 Å². The molecule has 0 spiro atoms. The number of carboxylic acid groups (broad SMARTS) is 1. The van der Waals surface area contributed by atoms with Crippen LogP contribution in [0.4, 0.5) is 0 Å². The standard InChI is InChI=1S/C12H9N5O2S/c1-7-15-16-10-11(14-4-5-17(7)10)20-9-6-8(12(18)19)2-3-13-9/h2-6H,1H3,(H,18,19). The second kappa shape index (κ2) is 4.89. The van der Waals surface area contributed by atoms with Crippen LogP contribution in [0.2, 0.25) is 0 Å². The van der Waals surface area contributed by atoms with Crippen LogP contribution >= 0.6 is 11.8 Å². The van der Waals surface area contributed by atoms with Gasteiger partial charge in [-0.15, -0.1) is 10.2 Å². The molecule has 0 aliphatic heterocycles. The van der Waals surface area contributed by atoms with Crippen LogP contribution in [0.15, 0.2) is 40.8 Å². The van der Waals surface area contributed by atoms with E-state index in [1.54, 1.807) is 12.4 Å². The number of pyridine rings is 1. The van der Waals surface area contributed by atoms with Gasteiger partial charge in [-0.2, -0.15) is 0 Å². The molecule has 0 aliphatic carbocycles. The monoisotopic (exact) mass is 287 g/mol. The Morgan fingerprint density at radius 2 is 2.15 bits per heavy atom. The van der Waals surface area contributed by atoms with Crippen LogP contribution in [0.5, 0.6) is 0 Å². The summed E-state index contributed by atoms with van der Waals surface area (Å²) in [5.74, 6) is -0.227. The summed E-state index contributed by atoms with van der Waals surface area (Å²) in [6, 6.07) is 2.95. The molecule has 0 amide bonds. The molecule has 3 heterocycles. The number of nitrogens with zero attached hydrogens (tertiary/aromatic N) is 5. The van der Waals surface area contributed by atoms with Gasteiger partial charge in [-0.3, -0.25) is 4.40 Å². The molecule has 0 saturated heterocycles. The van der Waals surface area contributed by atoms with Crippen molar-refractivity contribution in [1.82, 2.24) is 24.6 Å². The number of carbonyl (C=O) groups is 1. The molecule has 0 aromatic carbocycles. The van der Waals surface area contributed by atoms with Crippen LogP contribution in [0.25, 0.3) is 5.65 Å². The first-order valence-electron chi connectivity index (χ1n) is 5.68. The molecule has 3 aromatic heterocycles. The number of aromatic nitrogens is 5. The molecule has 0 atom stereocenters. The zero-order valence-corrected chi connectivity index (χ0v) is 11.2. The van der Waals surface area contributed by atoms with Gasteiger partial charge >= 0.3 is 5.97 Å². The Labute approximate surface area is 117 Å². The first-order valence-corrected chi connectivity index (χ1v) is 6.50. The zero-order chi connectivity index (χ0) is 14.1. The third-order valence-corrected chi connectivity index (χ3v) is 3.56. The number of carboxylic acids is 1. The molecule has 3 aromatic rings. The SMILES string of the molecule is Cc1nnc2c(Sc3cc(C(=O)O)ccn3)nccn12. The summed E-state index contributed by atoms with van der Waals surface area (Å²) in [5, 5.41) is 18.2. The van der Waals surface area contributed by atoms with Crippen molar-refractivity contribution in [3.8, 4) is 0 Å². The van der Waals surface area contributed by atoms with Crippen LogP contribution in [0, 0.1) is 6.92 Å². The summed E-state index contributed by atoms with van der Waals surface area (Å²) in [5.41, 5.74) is 0.810. The van der Waals surface area contributed by atoms with E-state index in [0.717, 1.165) is 5.82 Å². The van der Waals surface area contributed by atoms with Crippen molar-refractivity contribution in [1.29, 1.82) is 0 Å². The lowest BCUT2D eigenvalue weighted by Crippen LogP contribution is -1.97. The average Bonchev–Trinajstić information content (AvgIpc) is 2.82. The third-order valence-electron chi connectivity index (χ3n) is 2.65. The Morgan fingerprint density at radius 1 is 1.30 bits per heavy atom. The highest BCUT2D eigenvalue weighted by Crippen LogP contribution is 2.27. The maximum Gasteiger partial charge on any atom is 0.335 e. The molecule has 0 aliphatic rings. The minimum absolute atomic E-state index is 0.187. The van der Waals surface area contributed by atoms with E-state index in [0.29, 0.717) is 15.7 Å². The number of aryl methyl sites for hydroxylation is 1. The van der Waals surface area contributed by atoms with E-state index >= 15 is 0 Å². The van der Waals surface area contributed by atoms with Crippen molar-refractivity contribution in [2.75, 3.05) is 0 Å². The quantitative estimate of drug-likeness (QED) is 0.783. The lowest BCUT2D eigenvalue weighted by molar-refractivity contribution is 0.0696. The van der Waals surface area contributed by atoms with Crippen molar-refractivity contribution in [3.63, 3.8) is 0 Å². The fourth-order valence-corrected chi connectivity index (χ4v) is 2.53. The van der Waals surface area contributed by atoms with E-state index < -0.39 is 5.97 Å². The van der Waals surface area contributed by atoms with E-state index in [9.17, 15) is 4.79 Å². The smallest absolute Gasteiger partial charge is 0.335 e. The molecule has 0 saturated carbocycles. The predicted molar refractivity (Wildman–Crippen MR) is 70.8 cm³/mol. The summed E-state index contributed by atoms with van der Waals surface area (Å²) in [7, 11) is 0. The van der Waals surface area contributed by atoms with E-state index in [2.05, 4.69) is 20.2 Å². The van der Waals surface area contributed by atoms with Crippen molar-refractivity contribution in [3.05, 3.63) is 42.1 Å². The third kappa shape index (κ3) is 2.21. The second-order valence-electron chi connectivity index (χ2n) is 3.96. The molecule has 20 heavy (non-hydrogen) atoms. The first-order chi connectivity index (χ1) is 9.65. The number of rotatable bonds is 3. The number of aromatic carboxylic acids is 1. The highest BCUT2D eigenvalue weighted by Gasteiger charge is 2.11. The van der Waals surface area contributed by atoms with Crippen molar-refractivity contribution < 1.29 is 9.90 Å². The lowest BCUT2D eigenvalue weighted by Gasteiger charge is -2.02. The molecule has 0 unspecified atom stereocenters. The van der Waals surface area contributed by atoms with Crippen LogP contribution < -0.4 is 0 Å². The summed E-state index contributed by atoms with van der Waals surface area (Å²) in [4.78, 5) is 19.3. The highest BCUT2D eigenvalue weighted by atomic mass is 32.2. The zero-order valence-electron chi connectivity index (χ0n) is 10.4. The van der Waals surface area contributed by atoms with E-state index in [-0.39, 0.29) is 5.56 Å². The van der Waals surface area contributed by atoms with Gasteiger partial charge in [0.25, 0.3) is 0 Å². The molecule has 1 N–H and O–H groups in total. The highest BCUT2D eigenvalue weighted by molar-refractivity contribution is 7.99. The summed E-state index contributed by atoms with van der Waals surface area (Å²) in [6.45, 7) is 1.84. The number of hydrogen-bond acceptors (Lipinski definition) is 6. The Kier molecular flexibility index (Phi) is 3.07. The van der Waals surface area contributed by atoms with Crippen LogP contribution in [-0.4, -0.2) is 35.6 Å². The largest absolute Gasteiger partial charge is 0.478 e. The van der Waals surface area contributed by atoms with E-state index in [4.69, 9.17) is 5.11 Å². The van der Waals surface area contributed by atoms with Crippen molar-refractivity contribution in [2.24, 2.45) is 0 Å². The molecule has 3 rings (SSSR count). The van der Waals surface area contributed by atoms with Gasteiger partial charge in [-0.1, -0.05) is 0 Å². The Hall–Kier alpha value is -2.48. The van der Waals surface area contributed by atoms with Crippen molar-refractivity contribution in [2.45, 2.75) is 17.0 Å². The number of fused-ring (bicyclic) bond motifs is 1. The van der Waals surface area contributed by atoms with Crippen LogP contribution in [-0.2, 0) is 0 Å². The van der Waals surface area contributed by atoms with Crippen molar-refractivity contribution >= 4 is 23.4 Å². The minimum Gasteiger partial charge on any atom is -0.478 e. The molecular weight excluding hydrogens is 278 g/mol. The normalized spacial score (nSPS) is 10.8. The molecule has 0 radical (unpaired) electrons. The summed E-state index contributed by atoms with van der Waals surface area (Å²) < 4.78 is 1.82. The van der Waals surface area contributed by atoms with Gasteiger partial charge in [0.05, 0.1) is 5.56 Å². The Bertz CT molecular complexity index is 801. The fourth-order valence-electron chi connectivity index (χ4n) is 1.69. The molecule has 0 bridgehead atoms. The molecule has 7 nitrogen and oxygen atoms in total. The lowest BCUT2D eigenvalue weighted by atomic mass is 10.3. The predicted octanol–water partition coefficient (Wildman–Crippen LogP) is 1.68. The number of hydrogen-bond donors (Lipinski definition) is 1. The maximum absolute atomic E-state index is 10.9. The van der Waals surface area contributed by atoms with Crippen LogP contribution in [0.3, 0.4) is 0 Å². The van der Waals surface area contributed by atoms with Crippen LogP contribution in [0.1, 0.15) is 16.2 Å². The summed E-state index contributed by atoms with van der Waals surface area (Å²) >= 11 is 1.25.